The number of nitrogens with zero attached hydrogens (tertiary/aromatic N) is 1. The van der Waals surface area contributed by atoms with Crippen molar-refractivity contribution < 1.29 is 26.4 Å². The molecule has 0 bridgehead atoms. The minimum atomic E-state index is -4.68. The molecule has 0 fully saturated rings. The molecule has 2 aromatic rings. The fraction of sp³-hybridized carbons (Fsp3) is 0.350. The second-order valence-electron chi connectivity index (χ2n) is 6.94. The predicted octanol–water partition coefficient (Wildman–Crippen LogP) is 5.16. The van der Waals surface area contributed by atoms with Crippen LogP contribution in [0.2, 0.25) is 5.02 Å². The molecule has 1 N–H and O–H groups in total. The number of aryl methyl sites for hydroxylation is 2. The largest absolute Gasteiger partial charge is 0.418 e. The summed E-state index contributed by atoms with van der Waals surface area (Å²) in [6.07, 6.45) is -3.65. The Morgan fingerprint density at radius 3 is 2.33 bits per heavy atom. The highest BCUT2D eigenvalue weighted by molar-refractivity contribution is 7.92. The van der Waals surface area contributed by atoms with E-state index in [1.807, 2.05) is 13.8 Å². The van der Waals surface area contributed by atoms with Gasteiger partial charge in [0.25, 0.3) is 0 Å². The number of rotatable bonds is 7. The van der Waals surface area contributed by atoms with Crippen molar-refractivity contribution in [3.63, 3.8) is 0 Å². The van der Waals surface area contributed by atoms with Crippen LogP contribution in [0.4, 0.5) is 24.5 Å². The lowest BCUT2D eigenvalue weighted by atomic mass is 10.1. The molecule has 0 spiro atoms. The number of hydrogen-bond acceptors (Lipinski definition) is 3. The number of halogens is 4. The molecule has 2 rings (SSSR count). The summed E-state index contributed by atoms with van der Waals surface area (Å²) in [4.78, 5) is 12.2. The second-order valence-corrected chi connectivity index (χ2v) is 9.29. The first-order valence-corrected chi connectivity index (χ1v) is 11.2. The molecule has 1 amide bonds. The van der Waals surface area contributed by atoms with Gasteiger partial charge in [-0.15, -0.1) is 0 Å². The standard InChI is InChI=1S/C20H22ClF3N2O3S/c1-13-6-8-16(11-14(13)2)26(30(3,28)29)10-4-5-19(27)25-18-9-7-15(21)12-17(18)20(22,23)24/h6-9,11-12H,4-5,10H2,1-3H3,(H,25,27). The summed E-state index contributed by atoms with van der Waals surface area (Å²) in [5.74, 6) is -0.656. The summed E-state index contributed by atoms with van der Waals surface area (Å²) >= 11 is 5.62. The third-order valence-corrected chi connectivity index (χ3v) is 5.93. The van der Waals surface area contributed by atoms with Crippen molar-refractivity contribution in [1.82, 2.24) is 0 Å². The van der Waals surface area contributed by atoms with Gasteiger partial charge < -0.3 is 5.32 Å². The second kappa shape index (κ2) is 9.26. The number of hydrogen-bond donors (Lipinski definition) is 1. The van der Waals surface area contributed by atoms with Crippen molar-refractivity contribution in [2.75, 3.05) is 22.4 Å². The van der Waals surface area contributed by atoms with Gasteiger partial charge in [-0.2, -0.15) is 13.2 Å². The van der Waals surface area contributed by atoms with Gasteiger partial charge in [0, 0.05) is 18.0 Å². The lowest BCUT2D eigenvalue weighted by Crippen LogP contribution is -2.31. The lowest BCUT2D eigenvalue weighted by molar-refractivity contribution is -0.137. The van der Waals surface area contributed by atoms with E-state index in [-0.39, 0.29) is 24.4 Å². The van der Waals surface area contributed by atoms with Crippen LogP contribution in [0.1, 0.15) is 29.5 Å². The number of carbonyl (C=O) groups is 1. The Bertz CT molecular complexity index is 1040. The van der Waals surface area contributed by atoms with Crippen LogP contribution in [0.3, 0.4) is 0 Å². The predicted molar refractivity (Wildman–Crippen MR) is 112 cm³/mol. The molecule has 0 aliphatic heterocycles. The highest BCUT2D eigenvalue weighted by Gasteiger charge is 2.34. The minimum absolute atomic E-state index is 0.0154. The van der Waals surface area contributed by atoms with E-state index in [4.69, 9.17) is 11.6 Å². The molecule has 0 saturated carbocycles. The number of nitrogens with one attached hydrogen (secondary N) is 1. The maximum atomic E-state index is 13.1. The van der Waals surface area contributed by atoms with Gasteiger partial charge in [0.15, 0.2) is 0 Å². The summed E-state index contributed by atoms with van der Waals surface area (Å²) in [5, 5.41) is 2.13. The van der Waals surface area contributed by atoms with Gasteiger partial charge in [-0.1, -0.05) is 17.7 Å². The maximum absolute atomic E-state index is 13.1. The van der Waals surface area contributed by atoms with Crippen LogP contribution in [0, 0.1) is 13.8 Å². The molecular formula is C20H22ClF3N2O3S. The Hall–Kier alpha value is -2.26. The Morgan fingerprint density at radius 1 is 1.10 bits per heavy atom. The van der Waals surface area contributed by atoms with Crippen molar-refractivity contribution in [2.24, 2.45) is 0 Å². The number of benzene rings is 2. The molecule has 0 aliphatic carbocycles. The maximum Gasteiger partial charge on any atom is 0.418 e. The number of carbonyl (C=O) groups excluding carboxylic acids is 1. The van der Waals surface area contributed by atoms with Crippen LogP contribution in [0.5, 0.6) is 0 Å². The summed E-state index contributed by atoms with van der Waals surface area (Å²) in [7, 11) is -3.60. The first-order valence-electron chi connectivity index (χ1n) is 9.00. The highest BCUT2D eigenvalue weighted by atomic mass is 35.5. The average Bonchev–Trinajstić information content (AvgIpc) is 2.61. The molecule has 5 nitrogen and oxygen atoms in total. The fourth-order valence-corrected chi connectivity index (χ4v) is 3.95. The monoisotopic (exact) mass is 462 g/mol. The van der Waals surface area contributed by atoms with E-state index >= 15 is 0 Å². The van der Waals surface area contributed by atoms with Crippen molar-refractivity contribution in [2.45, 2.75) is 32.9 Å². The normalized spacial score (nSPS) is 12.0. The molecule has 10 heteroatoms. The quantitative estimate of drug-likeness (QED) is 0.618. The van der Waals surface area contributed by atoms with Crippen molar-refractivity contribution in [3.05, 3.63) is 58.1 Å². The highest BCUT2D eigenvalue weighted by Crippen LogP contribution is 2.36. The van der Waals surface area contributed by atoms with E-state index in [2.05, 4.69) is 5.32 Å². The van der Waals surface area contributed by atoms with E-state index in [9.17, 15) is 26.4 Å². The molecule has 0 radical (unpaired) electrons. The van der Waals surface area contributed by atoms with Gasteiger partial charge in [-0.25, -0.2) is 8.42 Å². The van der Waals surface area contributed by atoms with Crippen molar-refractivity contribution in [3.8, 4) is 0 Å². The van der Waals surface area contributed by atoms with Gasteiger partial charge in [-0.3, -0.25) is 9.10 Å². The molecule has 0 heterocycles. The number of anilines is 2. The lowest BCUT2D eigenvalue weighted by Gasteiger charge is -2.23. The molecule has 2 aromatic carbocycles. The number of alkyl halides is 3. The smallest absolute Gasteiger partial charge is 0.326 e. The van der Waals surface area contributed by atoms with Crippen molar-refractivity contribution in [1.29, 1.82) is 0 Å². The average molecular weight is 463 g/mol. The fourth-order valence-electron chi connectivity index (χ4n) is 2.82. The van der Waals surface area contributed by atoms with Crippen LogP contribution in [-0.4, -0.2) is 27.1 Å². The molecule has 0 aliphatic rings. The van der Waals surface area contributed by atoms with E-state index in [0.29, 0.717) is 5.69 Å². The van der Waals surface area contributed by atoms with Crippen molar-refractivity contribution >= 4 is 38.9 Å². The van der Waals surface area contributed by atoms with Crippen LogP contribution in [-0.2, 0) is 21.0 Å². The molecule has 164 valence electrons. The molecular weight excluding hydrogens is 441 g/mol. The molecule has 0 atom stereocenters. The Balaban J connectivity index is 2.08. The van der Waals surface area contributed by atoms with E-state index in [1.54, 1.807) is 18.2 Å². The third-order valence-electron chi connectivity index (χ3n) is 4.50. The molecule has 30 heavy (non-hydrogen) atoms. The van der Waals surface area contributed by atoms with E-state index in [1.165, 1.54) is 10.4 Å². The molecule has 0 unspecified atom stereocenters. The molecule has 0 aromatic heterocycles. The first-order chi connectivity index (χ1) is 13.8. The van der Waals surface area contributed by atoms with Gasteiger partial charge in [-0.05, 0) is 61.7 Å². The summed E-state index contributed by atoms with van der Waals surface area (Å²) in [6, 6.07) is 8.28. The van der Waals surface area contributed by atoms with Crippen LogP contribution >= 0.6 is 11.6 Å². The first kappa shape index (κ1) is 24.0. The van der Waals surface area contributed by atoms with Crippen LogP contribution in [0.25, 0.3) is 0 Å². The van der Waals surface area contributed by atoms with Gasteiger partial charge >= 0.3 is 6.18 Å². The minimum Gasteiger partial charge on any atom is -0.326 e. The topological polar surface area (TPSA) is 66.5 Å². The number of amides is 1. The van der Waals surface area contributed by atoms with Crippen LogP contribution < -0.4 is 9.62 Å². The van der Waals surface area contributed by atoms with Gasteiger partial charge in [0.2, 0.25) is 15.9 Å². The Morgan fingerprint density at radius 2 is 1.77 bits per heavy atom. The van der Waals surface area contributed by atoms with Crippen LogP contribution in [0.15, 0.2) is 36.4 Å². The summed E-state index contributed by atoms with van der Waals surface area (Å²) in [5.41, 5.74) is 0.955. The zero-order valence-corrected chi connectivity index (χ0v) is 18.2. The molecule has 0 saturated heterocycles. The Labute approximate surface area is 178 Å². The van der Waals surface area contributed by atoms with E-state index in [0.717, 1.165) is 29.5 Å². The zero-order chi connectivity index (χ0) is 22.7. The summed E-state index contributed by atoms with van der Waals surface area (Å²) < 4.78 is 64.9. The Kier molecular flexibility index (Phi) is 7.41. The zero-order valence-electron chi connectivity index (χ0n) is 16.7. The number of sulfonamides is 1. The van der Waals surface area contributed by atoms with Gasteiger partial charge in [0.05, 0.1) is 23.2 Å². The third kappa shape index (κ3) is 6.37. The van der Waals surface area contributed by atoms with Gasteiger partial charge in [0.1, 0.15) is 0 Å². The van der Waals surface area contributed by atoms with E-state index < -0.39 is 33.4 Å². The SMILES string of the molecule is Cc1ccc(N(CCCC(=O)Nc2ccc(Cl)cc2C(F)(F)F)S(C)(=O)=O)cc1C. The summed E-state index contributed by atoms with van der Waals surface area (Å²) in [6.45, 7) is 3.78.